The fourth-order valence-electron chi connectivity index (χ4n) is 4.12. The van der Waals surface area contributed by atoms with Crippen molar-refractivity contribution in [3.63, 3.8) is 0 Å². The van der Waals surface area contributed by atoms with E-state index in [1.165, 1.54) is 19.1 Å². The normalized spacial score (nSPS) is 12.1. The molecular formula is C25H20N2O6. The zero-order valence-corrected chi connectivity index (χ0v) is 18.2. The Morgan fingerprint density at radius 1 is 0.909 bits per heavy atom. The maximum Gasteiger partial charge on any atom is 0.355 e. The molecule has 3 aromatic rings. The monoisotopic (exact) mass is 444 g/mol. The van der Waals surface area contributed by atoms with Crippen molar-refractivity contribution in [1.29, 1.82) is 0 Å². The molecule has 0 saturated heterocycles. The van der Waals surface area contributed by atoms with Gasteiger partial charge in [0.05, 0.1) is 11.3 Å². The van der Waals surface area contributed by atoms with E-state index >= 15 is 0 Å². The highest BCUT2D eigenvalue weighted by atomic mass is 16.5. The van der Waals surface area contributed by atoms with Crippen molar-refractivity contribution in [2.75, 3.05) is 11.9 Å². The van der Waals surface area contributed by atoms with Crippen LogP contribution in [0.4, 0.5) is 5.69 Å². The number of fused-ring (bicyclic) bond motifs is 2. The van der Waals surface area contributed by atoms with E-state index in [1.807, 2.05) is 0 Å². The van der Waals surface area contributed by atoms with Crippen LogP contribution in [0.3, 0.4) is 0 Å². The molecule has 0 fully saturated rings. The predicted octanol–water partition coefficient (Wildman–Crippen LogP) is 3.41. The number of H-pyrrole nitrogens is 1. The SMILES string of the molecule is CC(=O)c1c(C)[nH]c(C(=O)OCC(=O)Nc2cccc3c2C(=O)c2ccccc2C3=O)c1C. The molecule has 2 aromatic carbocycles. The molecule has 0 atom stereocenters. The van der Waals surface area contributed by atoms with Crippen LogP contribution < -0.4 is 5.32 Å². The number of amides is 1. The maximum absolute atomic E-state index is 13.0. The molecule has 33 heavy (non-hydrogen) atoms. The summed E-state index contributed by atoms with van der Waals surface area (Å²) in [5.74, 6) is -2.33. The van der Waals surface area contributed by atoms with Crippen molar-refractivity contribution in [2.45, 2.75) is 20.8 Å². The van der Waals surface area contributed by atoms with Crippen LogP contribution in [0.5, 0.6) is 0 Å². The van der Waals surface area contributed by atoms with Gasteiger partial charge in [0.25, 0.3) is 5.91 Å². The number of anilines is 1. The van der Waals surface area contributed by atoms with E-state index in [2.05, 4.69) is 10.3 Å². The lowest BCUT2D eigenvalue weighted by molar-refractivity contribution is -0.119. The molecule has 0 saturated carbocycles. The van der Waals surface area contributed by atoms with E-state index < -0.39 is 18.5 Å². The number of hydrogen-bond acceptors (Lipinski definition) is 6. The summed E-state index contributed by atoms with van der Waals surface area (Å²) < 4.78 is 5.09. The minimum absolute atomic E-state index is 0.0972. The van der Waals surface area contributed by atoms with E-state index in [1.54, 1.807) is 44.2 Å². The summed E-state index contributed by atoms with van der Waals surface area (Å²) in [7, 11) is 0. The van der Waals surface area contributed by atoms with Gasteiger partial charge in [-0.05, 0) is 32.4 Å². The number of esters is 1. The predicted molar refractivity (Wildman–Crippen MR) is 119 cm³/mol. The fourth-order valence-corrected chi connectivity index (χ4v) is 4.12. The number of aromatic amines is 1. The second kappa shape index (κ2) is 8.31. The number of carbonyl (C=O) groups is 5. The Hall–Kier alpha value is -4.33. The molecule has 2 N–H and O–H groups in total. The summed E-state index contributed by atoms with van der Waals surface area (Å²) in [6, 6.07) is 11.1. The summed E-state index contributed by atoms with van der Waals surface area (Å²) in [5.41, 5.74) is 2.53. The van der Waals surface area contributed by atoms with Gasteiger partial charge in [0.15, 0.2) is 24.0 Å². The molecule has 1 aromatic heterocycles. The highest BCUT2D eigenvalue weighted by Gasteiger charge is 2.31. The average Bonchev–Trinajstić information content (AvgIpc) is 3.09. The lowest BCUT2D eigenvalue weighted by atomic mass is 9.83. The van der Waals surface area contributed by atoms with Crippen LogP contribution >= 0.6 is 0 Å². The number of carbonyl (C=O) groups excluding carboxylic acids is 5. The van der Waals surface area contributed by atoms with E-state index in [9.17, 15) is 24.0 Å². The van der Waals surface area contributed by atoms with Crippen molar-refractivity contribution in [3.05, 3.63) is 87.2 Å². The van der Waals surface area contributed by atoms with Crippen LogP contribution in [0, 0.1) is 13.8 Å². The number of nitrogens with one attached hydrogen (secondary N) is 2. The Bertz CT molecular complexity index is 1370. The van der Waals surface area contributed by atoms with Crippen molar-refractivity contribution < 1.29 is 28.7 Å². The number of hydrogen-bond donors (Lipinski definition) is 2. The van der Waals surface area contributed by atoms with Gasteiger partial charge in [0.1, 0.15) is 5.69 Å². The Morgan fingerprint density at radius 3 is 2.18 bits per heavy atom. The Morgan fingerprint density at radius 2 is 1.55 bits per heavy atom. The van der Waals surface area contributed by atoms with Crippen molar-refractivity contribution in [1.82, 2.24) is 4.98 Å². The lowest BCUT2D eigenvalue weighted by Gasteiger charge is -2.20. The van der Waals surface area contributed by atoms with Gasteiger partial charge in [0, 0.05) is 27.9 Å². The zero-order valence-electron chi connectivity index (χ0n) is 18.2. The highest BCUT2D eigenvalue weighted by Crippen LogP contribution is 2.31. The molecule has 8 heteroatoms. The molecule has 4 rings (SSSR count). The Kier molecular flexibility index (Phi) is 5.51. The number of ether oxygens (including phenoxy) is 1. The third-order valence-corrected chi connectivity index (χ3v) is 5.55. The lowest BCUT2D eigenvalue weighted by Crippen LogP contribution is -2.26. The molecule has 0 unspecified atom stereocenters. The molecule has 166 valence electrons. The van der Waals surface area contributed by atoms with Crippen LogP contribution in [-0.4, -0.2) is 40.8 Å². The van der Waals surface area contributed by atoms with Gasteiger partial charge in [-0.15, -0.1) is 0 Å². The van der Waals surface area contributed by atoms with E-state index in [4.69, 9.17) is 4.74 Å². The van der Waals surface area contributed by atoms with Crippen LogP contribution in [0.2, 0.25) is 0 Å². The van der Waals surface area contributed by atoms with E-state index in [-0.39, 0.29) is 45.4 Å². The summed E-state index contributed by atoms with van der Waals surface area (Å²) in [6.07, 6.45) is 0. The first kappa shape index (κ1) is 21.9. The average molecular weight is 444 g/mol. The van der Waals surface area contributed by atoms with E-state index in [0.29, 0.717) is 22.4 Å². The maximum atomic E-state index is 13.0. The van der Waals surface area contributed by atoms with Crippen LogP contribution in [0.15, 0.2) is 42.5 Å². The number of aryl methyl sites for hydroxylation is 1. The zero-order chi connectivity index (χ0) is 23.9. The second-order valence-corrected chi connectivity index (χ2v) is 7.74. The summed E-state index contributed by atoms with van der Waals surface area (Å²) in [4.78, 5) is 65.3. The standard InChI is InChI=1S/C25H20N2O6/c1-12-20(14(3)28)13(2)26-22(12)25(32)33-11-19(29)27-18-10-6-9-17-21(18)24(31)16-8-5-4-7-15(16)23(17)30/h4-10,26H,11H2,1-3H3,(H,27,29). The molecule has 0 spiro atoms. The highest BCUT2D eigenvalue weighted by molar-refractivity contribution is 6.30. The minimum Gasteiger partial charge on any atom is -0.451 e. The van der Waals surface area contributed by atoms with Crippen LogP contribution in [0.25, 0.3) is 0 Å². The van der Waals surface area contributed by atoms with Crippen LogP contribution in [-0.2, 0) is 9.53 Å². The van der Waals surface area contributed by atoms with Crippen LogP contribution in [0.1, 0.15) is 70.9 Å². The van der Waals surface area contributed by atoms with Crippen molar-refractivity contribution in [3.8, 4) is 0 Å². The molecule has 0 radical (unpaired) electrons. The minimum atomic E-state index is -0.784. The van der Waals surface area contributed by atoms with E-state index in [0.717, 1.165) is 0 Å². The third kappa shape index (κ3) is 3.76. The van der Waals surface area contributed by atoms with Gasteiger partial charge >= 0.3 is 5.97 Å². The summed E-state index contributed by atoms with van der Waals surface area (Å²) >= 11 is 0. The quantitative estimate of drug-likeness (QED) is 0.359. The number of benzene rings is 2. The van der Waals surface area contributed by atoms with Gasteiger partial charge in [-0.1, -0.05) is 36.4 Å². The largest absolute Gasteiger partial charge is 0.451 e. The number of rotatable bonds is 5. The summed E-state index contributed by atoms with van der Waals surface area (Å²) in [5, 5.41) is 2.55. The van der Waals surface area contributed by atoms with Gasteiger partial charge in [-0.2, -0.15) is 0 Å². The fraction of sp³-hybridized carbons (Fsp3) is 0.160. The first-order valence-electron chi connectivity index (χ1n) is 10.2. The number of Topliss-reactive ketones (excluding diaryl/α,β-unsaturated/α-hetero) is 1. The molecule has 0 bridgehead atoms. The van der Waals surface area contributed by atoms with Gasteiger partial charge in [0.2, 0.25) is 0 Å². The molecule has 0 aliphatic heterocycles. The number of aromatic nitrogens is 1. The number of ketones is 3. The molecular weight excluding hydrogens is 424 g/mol. The first-order chi connectivity index (χ1) is 15.7. The molecule has 8 nitrogen and oxygen atoms in total. The molecule has 1 amide bonds. The van der Waals surface area contributed by atoms with Gasteiger partial charge in [-0.3, -0.25) is 19.2 Å². The smallest absolute Gasteiger partial charge is 0.355 e. The Labute approximate surface area is 189 Å². The van der Waals surface area contributed by atoms with Crippen molar-refractivity contribution >= 4 is 34.9 Å². The topological polar surface area (TPSA) is 122 Å². The molecule has 1 aliphatic rings. The van der Waals surface area contributed by atoms with Crippen molar-refractivity contribution in [2.24, 2.45) is 0 Å². The van der Waals surface area contributed by atoms with Gasteiger partial charge in [-0.25, -0.2) is 4.79 Å². The Balaban J connectivity index is 1.51. The van der Waals surface area contributed by atoms with Gasteiger partial charge < -0.3 is 15.0 Å². The summed E-state index contributed by atoms with van der Waals surface area (Å²) in [6.45, 7) is 4.07. The third-order valence-electron chi connectivity index (χ3n) is 5.55. The molecule has 1 aliphatic carbocycles. The molecule has 1 heterocycles. The first-order valence-corrected chi connectivity index (χ1v) is 10.2. The second-order valence-electron chi connectivity index (χ2n) is 7.74.